The molecule has 5 nitrogen and oxygen atoms in total. The summed E-state index contributed by atoms with van der Waals surface area (Å²) >= 11 is 0. The van der Waals surface area contributed by atoms with Crippen molar-refractivity contribution in [2.24, 2.45) is 5.73 Å². The number of aromatic nitrogens is 4. The van der Waals surface area contributed by atoms with Gasteiger partial charge < -0.3 is 10.3 Å². The Morgan fingerprint density at radius 1 is 1.39 bits per heavy atom. The van der Waals surface area contributed by atoms with Crippen molar-refractivity contribution in [3.8, 4) is 0 Å². The predicted molar refractivity (Wildman–Crippen MR) is 71.2 cm³/mol. The van der Waals surface area contributed by atoms with Crippen molar-refractivity contribution in [1.82, 2.24) is 19.3 Å². The van der Waals surface area contributed by atoms with Gasteiger partial charge in [0.1, 0.15) is 12.2 Å². The molecule has 2 aromatic heterocycles. The van der Waals surface area contributed by atoms with Gasteiger partial charge in [-0.1, -0.05) is 6.92 Å². The molecule has 2 heterocycles. The normalized spacial score (nSPS) is 13.2. The van der Waals surface area contributed by atoms with Crippen LogP contribution in [-0.2, 0) is 6.54 Å². The van der Waals surface area contributed by atoms with Crippen LogP contribution in [-0.4, -0.2) is 19.3 Å². The molecule has 5 heteroatoms. The van der Waals surface area contributed by atoms with Crippen LogP contribution in [0.25, 0.3) is 0 Å². The standard InChI is InChI=1S/C13H21N5/c1-4-12(14)11-5-6-17(7-11)8-13-15-9-16-18(13)10(2)3/h5-7,9-10,12H,4,8,14H2,1-3H3. The third kappa shape index (κ3) is 2.61. The van der Waals surface area contributed by atoms with Gasteiger partial charge in [-0.25, -0.2) is 9.67 Å². The molecule has 1 unspecified atom stereocenters. The lowest BCUT2D eigenvalue weighted by Crippen LogP contribution is -2.11. The van der Waals surface area contributed by atoms with Crippen LogP contribution in [0.5, 0.6) is 0 Å². The molecule has 2 rings (SSSR count). The van der Waals surface area contributed by atoms with Gasteiger partial charge in [-0.3, -0.25) is 0 Å². The summed E-state index contributed by atoms with van der Waals surface area (Å²) in [5.41, 5.74) is 7.19. The first-order valence-corrected chi connectivity index (χ1v) is 6.41. The topological polar surface area (TPSA) is 61.7 Å². The van der Waals surface area contributed by atoms with Crippen molar-refractivity contribution < 1.29 is 0 Å². The highest BCUT2D eigenvalue weighted by molar-refractivity contribution is 5.15. The number of rotatable bonds is 5. The van der Waals surface area contributed by atoms with Gasteiger partial charge in [0.05, 0.1) is 6.54 Å². The monoisotopic (exact) mass is 247 g/mol. The van der Waals surface area contributed by atoms with E-state index in [0.717, 1.165) is 18.8 Å². The van der Waals surface area contributed by atoms with Gasteiger partial charge in [0.2, 0.25) is 0 Å². The molecular weight excluding hydrogens is 226 g/mol. The Labute approximate surface area is 108 Å². The second-order valence-corrected chi connectivity index (χ2v) is 4.85. The molecule has 0 saturated carbocycles. The summed E-state index contributed by atoms with van der Waals surface area (Å²) in [4.78, 5) is 4.31. The van der Waals surface area contributed by atoms with E-state index in [0.29, 0.717) is 6.04 Å². The fraction of sp³-hybridized carbons (Fsp3) is 0.538. The summed E-state index contributed by atoms with van der Waals surface area (Å²) in [6, 6.07) is 2.52. The molecular formula is C13H21N5. The largest absolute Gasteiger partial charge is 0.346 e. The summed E-state index contributed by atoms with van der Waals surface area (Å²) in [6.07, 6.45) is 6.70. The van der Waals surface area contributed by atoms with Crippen LogP contribution in [0.1, 0.15) is 50.7 Å². The molecule has 0 spiro atoms. The highest BCUT2D eigenvalue weighted by Gasteiger charge is 2.09. The lowest BCUT2D eigenvalue weighted by Gasteiger charge is -2.10. The SMILES string of the molecule is CCC(N)c1ccn(Cc2ncnn2C(C)C)c1. The second-order valence-electron chi connectivity index (χ2n) is 4.85. The summed E-state index contributed by atoms with van der Waals surface area (Å²) in [5.74, 6) is 0.970. The number of nitrogens with zero attached hydrogens (tertiary/aromatic N) is 4. The van der Waals surface area contributed by atoms with E-state index in [1.54, 1.807) is 6.33 Å². The zero-order valence-corrected chi connectivity index (χ0v) is 11.2. The molecule has 0 bridgehead atoms. The third-order valence-corrected chi connectivity index (χ3v) is 3.10. The summed E-state index contributed by atoms with van der Waals surface area (Å²) in [7, 11) is 0. The molecule has 0 aliphatic rings. The fourth-order valence-corrected chi connectivity index (χ4v) is 1.99. The average molecular weight is 247 g/mol. The average Bonchev–Trinajstić information content (AvgIpc) is 2.97. The maximum Gasteiger partial charge on any atom is 0.147 e. The molecule has 2 aromatic rings. The van der Waals surface area contributed by atoms with E-state index in [-0.39, 0.29) is 6.04 Å². The van der Waals surface area contributed by atoms with Crippen LogP contribution in [0.3, 0.4) is 0 Å². The molecule has 0 amide bonds. The Balaban J connectivity index is 2.14. The zero-order valence-electron chi connectivity index (χ0n) is 11.2. The van der Waals surface area contributed by atoms with Crippen LogP contribution in [0.15, 0.2) is 24.8 Å². The Morgan fingerprint density at radius 2 is 2.17 bits per heavy atom. The van der Waals surface area contributed by atoms with Gasteiger partial charge in [0, 0.05) is 24.5 Å². The summed E-state index contributed by atoms with van der Waals surface area (Å²) in [6.45, 7) is 7.03. The van der Waals surface area contributed by atoms with Gasteiger partial charge in [-0.15, -0.1) is 0 Å². The molecule has 0 aliphatic heterocycles. The first-order chi connectivity index (χ1) is 8.61. The van der Waals surface area contributed by atoms with Gasteiger partial charge in [-0.05, 0) is 31.9 Å². The molecule has 0 saturated heterocycles. The van der Waals surface area contributed by atoms with E-state index >= 15 is 0 Å². The molecule has 18 heavy (non-hydrogen) atoms. The molecule has 0 radical (unpaired) electrons. The van der Waals surface area contributed by atoms with Crippen LogP contribution < -0.4 is 5.73 Å². The Kier molecular flexibility index (Phi) is 3.81. The van der Waals surface area contributed by atoms with Crippen LogP contribution in [0.2, 0.25) is 0 Å². The van der Waals surface area contributed by atoms with Gasteiger partial charge >= 0.3 is 0 Å². The van der Waals surface area contributed by atoms with E-state index in [1.807, 2.05) is 10.9 Å². The number of hydrogen-bond acceptors (Lipinski definition) is 3. The minimum absolute atomic E-state index is 0.120. The lowest BCUT2D eigenvalue weighted by molar-refractivity contribution is 0.496. The molecule has 1 atom stereocenters. The van der Waals surface area contributed by atoms with Crippen molar-refractivity contribution in [3.05, 3.63) is 36.2 Å². The van der Waals surface area contributed by atoms with E-state index in [1.165, 1.54) is 5.56 Å². The molecule has 0 aromatic carbocycles. The zero-order chi connectivity index (χ0) is 13.1. The van der Waals surface area contributed by atoms with E-state index in [2.05, 4.69) is 47.7 Å². The fourth-order valence-electron chi connectivity index (χ4n) is 1.99. The van der Waals surface area contributed by atoms with Crippen molar-refractivity contribution in [2.75, 3.05) is 0 Å². The van der Waals surface area contributed by atoms with Crippen molar-refractivity contribution in [3.63, 3.8) is 0 Å². The first-order valence-electron chi connectivity index (χ1n) is 6.41. The maximum absolute atomic E-state index is 6.01. The van der Waals surface area contributed by atoms with Gasteiger partial charge in [0.25, 0.3) is 0 Å². The molecule has 0 aliphatic carbocycles. The summed E-state index contributed by atoms with van der Waals surface area (Å²) < 4.78 is 4.05. The first kappa shape index (κ1) is 12.8. The minimum atomic E-state index is 0.120. The number of hydrogen-bond donors (Lipinski definition) is 1. The van der Waals surface area contributed by atoms with Crippen molar-refractivity contribution >= 4 is 0 Å². The predicted octanol–water partition coefficient (Wildman–Crippen LogP) is 2.12. The van der Waals surface area contributed by atoms with E-state index in [4.69, 9.17) is 5.73 Å². The summed E-state index contributed by atoms with van der Waals surface area (Å²) in [5, 5.41) is 4.24. The quantitative estimate of drug-likeness (QED) is 0.880. The minimum Gasteiger partial charge on any atom is -0.346 e. The third-order valence-electron chi connectivity index (χ3n) is 3.10. The van der Waals surface area contributed by atoms with Gasteiger partial charge in [-0.2, -0.15) is 5.10 Å². The molecule has 0 fully saturated rings. The highest BCUT2D eigenvalue weighted by Crippen LogP contribution is 2.15. The Bertz CT molecular complexity index is 497. The Morgan fingerprint density at radius 3 is 2.83 bits per heavy atom. The highest BCUT2D eigenvalue weighted by atomic mass is 15.4. The number of nitrogens with two attached hydrogens (primary N) is 1. The van der Waals surface area contributed by atoms with Crippen LogP contribution in [0, 0.1) is 0 Å². The molecule has 2 N–H and O–H groups in total. The van der Waals surface area contributed by atoms with Gasteiger partial charge in [0.15, 0.2) is 0 Å². The van der Waals surface area contributed by atoms with Crippen molar-refractivity contribution in [2.45, 2.75) is 45.8 Å². The van der Waals surface area contributed by atoms with E-state index < -0.39 is 0 Å². The maximum atomic E-state index is 6.01. The second kappa shape index (κ2) is 5.35. The smallest absolute Gasteiger partial charge is 0.147 e. The molecule has 98 valence electrons. The van der Waals surface area contributed by atoms with Crippen LogP contribution >= 0.6 is 0 Å². The van der Waals surface area contributed by atoms with Crippen LogP contribution in [0.4, 0.5) is 0 Å². The Hall–Kier alpha value is -1.62. The van der Waals surface area contributed by atoms with Crippen molar-refractivity contribution in [1.29, 1.82) is 0 Å². The lowest BCUT2D eigenvalue weighted by atomic mass is 10.1. The van der Waals surface area contributed by atoms with E-state index in [9.17, 15) is 0 Å².